The summed E-state index contributed by atoms with van der Waals surface area (Å²) in [5.41, 5.74) is 0. The van der Waals surface area contributed by atoms with Crippen molar-refractivity contribution in [2.75, 3.05) is 13.2 Å². The number of carbonyl (C=O) groups is 1. The van der Waals surface area contributed by atoms with Gasteiger partial charge in [-0.1, -0.05) is 20.8 Å². The first-order chi connectivity index (χ1) is 12.7. The fraction of sp³-hybridized carbons (Fsp3) is 0.950. The molecule has 162 valence electrons. The molecule has 28 heavy (non-hydrogen) atoms. The van der Waals surface area contributed by atoms with Crippen molar-refractivity contribution >= 4 is 14.2 Å². The SMILES string of the molecule is CC(=O)NC[C@H]1[C@@H]2OC(C)(C)O[C@@H]2[C@@H]2[C@@H](O)C[C@H](CO[Si](C)(C)C(C)(C)C)N21. The molecule has 3 fully saturated rings. The molecule has 0 saturated carbocycles. The van der Waals surface area contributed by atoms with E-state index in [1.807, 2.05) is 13.8 Å². The summed E-state index contributed by atoms with van der Waals surface area (Å²) in [4.78, 5) is 13.9. The van der Waals surface area contributed by atoms with Gasteiger partial charge in [0, 0.05) is 26.1 Å². The van der Waals surface area contributed by atoms with Crippen LogP contribution in [0, 0.1) is 0 Å². The molecule has 3 rings (SSSR count). The van der Waals surface area contributed by atoms with Crippen molar-refractivity contribution in [3.05, 3.63) is 0 Å². The van der Waals surface area contributed by atoms with E-state index in [0.717, 1.165) is 0 Å². The number of nitrogens with zero attached hydrogens (tertiary/aromatic N) is 1. The van der Waals surface area contributed by atoms with Crippen LogP contribution in [-0.4, -0.2) is 79.6 Å². The van der Waals surface area contributed by atoms with Crippen LogP contribution in [0.5, 0.6) is 0 Å². The number of ether oxygens (including phenoxy) is 2. The van der Waals surface area contributed by atoms with E-state index in [1.165, 1.54) is 6.92 Å². The van der Waals surface area contributed by atoms with E-state index in [2.05, 4.69) is 44.1 Å². The third-order valence-corrected chi connectivity index (χ3v) is 11.4. The van der Waals surface area contributed by atoms with Crippen LogP contribution in [0.15, 0.2) is 0 Å². The first kappa shape index (κ1) is 22.2. The monoisotopic (exact) mass is 414 g/mol. The predicted octanol–water partition coefficient (Wildman–Crippen LogP) is 1.85. The molecule has 7 nitrogen and oxygen atoms in total. The third-order valence-electron chi connectivity index (χ3n) is 6.94. The maximum atomic E-state index is 11.6. The lowest BCUT2D eigenvalue weighted by Crippen LogP contribution is -2.52. The minimum absolute atomic E-state index is 0.0363. The average Bonchev–Trinajstić information content (AvgIpc) is 3.09. The van der Waals surface area contributed by atoms with E-state index in [4.69, 9.17) is 13.9 Å². The number of aliphatic hydroxyl groups is 1. The Labute approximate surface area is 170 Å². The minimum atomic E-state index is -1.89. The fourth-order valence-corrected chi connectivity index (χ4v) is 5.60. The van der Waals surface area contributed by atoms with Crippen LogP contribution >= 0.6 is 0 Å². The van der Waals surface area contributed by atoms with Crippen molar-refractivity contribution in [2.45, 2.75) is 108 Å². The number of carbonyl (C=O) groups excluding carboxylic acids is 1. The zero-order chi connectivity index (χ0) is 21.1. The molecule has 0 aliphatic carbocycles. The van der Waals surface area contributed by atoms with Crippen molar-refractivity contribution in [3.63, 3.8) is 0 Å². The maximum Gasteiger partial charge on any atom is 0.216 e. The number of rotatable bonds is 5. The van der Waals surface area contributed by atoms with E-state index >= 15 is 0 Å². The van der Waals surface area contributed by atoms with Gasteiger partial charge >= 0.3 is 0 Å². The molecule has 0 radical (unpaired) electrons. The quantitative estimate of drug-likeness (QED) is 0.669. The normalized spacial score (nSPS) is 37.8. The lowest BCUT2D eigenvalue weighted by molar-refractivity contribution is -0.170. The Morgan fingerprint density at radius 3 is 2.46 bits per heavy atom. The summed E-state index contributed by atoms with van der Waals surface area (Å²) >= 11 is 0. The van der Waals surface area contributed by atoms with Crippen LogP contribution in [0.1, 0.15) is 48.0 Å². The average molecular weight is 415 g/mol. The first-order valence-electron chi connectivity index (χ1n) is 10.4. The maximum absolute atomic E-state index is 11.6. The van der Waals surface area contributed by atoms with Gasteiger partial charge in [0.05, 0.1) is 18.2 Å². The third kappa shape index (κ3) is 4.04. The van der Waals surface area contributed by atoms with Crippen LogP contribution in [0.2, 0.25) is 18.1 Å². The molecule has 6 atom stereocenters. The zero-order valence-electron chi connectivity index (χ0n) is 18.6. The Hall–Kier alpha value is -0.513. The van der Waals surface area contributed by atoms with Crippen LogP contribution in [0.25, 0.3) is 0 Å². The molecular weight excluding hydrogens is 376 g/mol. The van der Waals surface area contributed by atoms with Gasteiger partial charge in [-0.05, 0) is 38.4 Å². The number of hydrogen-bond donors (Lipinski definition) is 2. The van der Waals surface area contributed by atoms with Crippen LogP contribution in [0.4, 0.5) is 0 Å². The van der Waals surface area contributed by atoms with Crippen molar-refractivity contribution in [1.82, 2.24) is 10.2 Å². The lowest BCUT2D eigenvalue weighted by Gasteiger charge is -2.39. The molecule has 3 saturated heterocycles. The van der Waals surface area contributed by atoms with Crippen molar-refractivity contribution in [3.8, 4) is 0 Å². The molecule has 2 N–H and O–H groups in total. The number of aliphatic hydroxyl groups excluding tert-OH is 1. The molecule has 0 bridgehead atoms. The van der Waals surface area contributed by atoms with Crippen LogP contribution < -0.4 is 5.32 Å². The van der Waals surface area contributed by atoms with Crippen LogP contribution in [-0.2, 0) is 18.7 Å². The Balaban J connectivity index is 1.79. The number of fused-ring (bicyclic) bond motifs is 3. The van der Waals surface area contributed by atoms with E-state index in [1.54, 1.807) is 0 Å². The molecular formula is C20H38N2O5Si. The second kappa shape index (κ2) is 7.32. The minimum Gasteiger partial charge on any atom is -0.415 e. The van der Waals surface area contributed by atoms with Crippen molar-refractivity contribution < 1.29 is 23.8 Å². The summed E-state index contributed by atoms with van der Waals surface area (Å²) in [5, 5.41) is 13.9. The lowest BCUT2D eigenvalue weighted by atomic mass is 10.0. The molecule has 3 heterocycles. The molecule has 0 unspecified atom stereocenters. The number of hydrogen-bond acceptors (Lipinski definition) is 6. The molecule has 3 aliphatic heterocycles. The van der Waals surface area contributed by atoms with Gasteiger partial charge in [0.15, 0.2) is 14.1 Å². The highest BCUT2D eigenvalue weighted by atomic mass is 28.4. The van der Waals surface area contributed by atoms with Gasteiger partial charge in [-0.15, -0.1) is 0 Å². The standard InChI is InChI=1S/C20H38N2O5Si/c1-12(23)21-10-14-17-18(27-20(5,6)26-17)16-15(24)9-13(22(14)16)11-25-28(7,8)19(2,3)4/h13-18,24H,9-11H2,1-8H3,(H,21,23)/t13-,14+,15+,16+,17+,18-/m1/s1. The highest BCUT2D eigenvalue weighted by molar-refractivity contribution is 6.74. The molecule has 0 aromatic heterocycles. The predicted molar refractivity (Wildman–Crippen MR) is 109 cm³/mol. The fourth-order valence-electron chi connectivity index (χ4n) is 4.56. The molecule has 0 aromatic carbocycles. The van der Waals surface area contributed by atoms with Gasteiger partial charge < -0.3 is 24.3 Å². The van der Waals surface area contributed by atoms with Gasteiger partial charge in [0.2, 0.25) is 5.91 Å². The zero-order valence-corrected chi connectivity index (χ0v) is 19.6. The van der Waals surface area contributed by atoms with Crippen molar-refractivity contribution in [1.29, 1.82) is 0 Å². The largest absolute Gasteiger partial charge is 0.415 e. The summed E-state index contributed by atoms with van der Waals surface area (Å²) in [5.74, 6) is -0.738. The molecule has 0 aromatic rings. The first-order valence-corrected chi connectivity index (χ1v) is 13.3. The smallest absolute Gasteiger partial charge is 0.216 e. The highest BCUT2D eigenvalue weighted by Gasteiger charge is 2.63. The molecule has 0 spiro atoms. The van der Waals surface area contributed by atoms with Gasteiger partial charge in [-0.25, -0.2) is 0 Å². The molecule has 8 heteroatoms. The Morgan fingerprint density at radius 2 is 1.89 bits per heavy atom. The summed E-state index contributed by atoms with van der Waals surface area (Å²) in [7, 11) is -1.89. The van der Waals surface area contributed by atoms with E-state index in [9.17, 15) is 9.90 Å². The Bertz CT molecular complexity index is 606. The molecule has 3 aliphatic rings. The van der Waals surface area contributed by atoms with Crippen molar-refractivity contribution in [2.24, 2.45) is 0 Å². The van der Waals surface area contributed by atoms with Gasteiger partial charge in [-0.3, -0.25) is 9.69 Å². The topological polar surface area (TPSA) is 80.3 Å². The van der Waals surface area contributed by atoms with E-state index in [0.29, 0.717) is 19.6 Å². The highest BCUT2D eigenvalue weighted by Crippen LogP contribution is 2.47. The molecule has 1 amide bonds. The Kier molecular flexibility index (Phi) is 5.80. The summed E-state index contributed by atoms with van der Waals surface area (Å²) in [6.45, 7) is 17.6. The summed E-state index contributed by atoms with van der Waals surface area (Å²) in [6.07, 6.45) is -0.192. The second-order valence-corrected chi connectivity index (χ2v) is 15.3. The Morgan fingerprint density at radius 1 is 1.29 bits per heavy atom. The number of nitrogens with one attached hydrogen (secondary N) is 1. The van der Waals surface area contributed by atoms with E-state index in [-0.39, 0.29) is 41.3 Å². The summed E-state index contributed by atoms with van der Waals surface area (Å²) in [6, 6.07) is -0.0711. The van der Waals surface area contributed by atoms with Gasteiger partial charge in [0.1, 0.15) is 12.2 Å². The van der Waals surface area contributed by atoms with Gasteiger partial charge in [-0.2, -0.15) is 0 Å². The second-order valence-electron chi connectivity index (χ2n) is 10.5. The van der Waals surface area contributed by atoms with E-state index < -0.39 is 20.2 Å². The van der Waals surface area contributed by atoms with Gasteiger partial charge in [0.25, 0.3) is 0 Å². The summed E-state index contributed by atoms with van der Waals surface area (Å²) < 4.78 is 18.9. The van der Waals surface area contributed by atoms with Crippen LogP contribution in [0.3, 0.4) is 0 Å². The number of amides is 1.